The van der Waals surface area contributed by atoms with E-state index in [-0.39, 0.29) is 0 Å². The number of hydrogen-bond acceptors (Lipinski definition) is 3. The summed E-state index contributed by atoms with van der Waals surface area (Å²) in [7, 11) is 4.38. The summed E-state index contributed by atoms with van der Waals surface area (Å²) in [5, 5.41) is 0. The van der Waals surface area contributed by atoms with Crippen LogP contribution in [0.15, 0.2) is 97.6 Å². The van der Waals surface area contributed by atoms with Crippen LogP contribution in [0.4, 0.5) is 11.4 Å². The molecule has 4 rings (SSSR count). The summed E-state index contributed by atoms with van der Waals surface area (Å²) in [5.41, 5.74) is 7.33. The molecule has 1 N–H and O–H groups in total. The first kappa shape index (κ1) is 26.9. The Bertz CT molecular complexity index is 1160. The first-order valence-electron chi connectivity index (χ1n) is 13.5. The van der Waals surface area contributed by atoms with Crippen LogP contribution in [0.2, 0.25) is 0 Å². The van der Waals surface area contributed by atoms with E-state index in [1.54, 1.807) is 0 Å². The van der Waals surface area contributed by atoms with Gasteiger partial charge in [0, 0.05) is 63.1 Å². The molecule has 2 heterocycles. The third kappa shape index (κ3) is 8.74. The standard InChI is InChI=1S/C34H38N4/c1-37(33-15-11-29(12-16-33)7-9-31-19-23-35-24-20-31)27-5-3-4-6-28-38(2)34-17-13-30(14-18-34)8-10-32-21-25-36-26-22-32/h7-26H,3-6,27-28H2,1-2H3/p+1/b9-7+,10-8+. The van der Waals surface area contributed by atoms with Crippen molar-refractivity contribution in [2.45, 2.75) is 25.7 Å². The molecule has 38 heavy (non-hydrogen) atoms. The molecule has 4 nitrogen and oxygen atoms in total. The van der Waals surface area contributed by atoms with E-state index in [2.05, 4.69) is 119 Å². The molecular weight excluding hydrogens is 464 g/mol. The second kappa shape index (κ2) is 14.5. The van der Waals surface area contributed by atoms with Gasteiger partial charge in [0.2, 0.25) is 0 Å². The van der Waals surface area contributed by atoms with Crippen LogP contribution in [0.3, 0.4) is 0 Å². The van der Waals surface area contributed by atoms with Gasteiger partial charge >= 0.3 is 0 Å². The Kier molecular flexibility index (Phi) is 10.3. The predicted molar refractivity (Wildman–Crippen MR) is 163 cm³/mol. The number of benzene rings is 2. The van der Waals surface area contributed by atoms with Gasteiger partial charge in [-0.25, -0.2) is 4.98 Å². The molecule has 0 unspecified atom stereocenters. The lowest BCUT2D eigenvalue weighted by Gasteiger charge is -2.20. The lowest BCUT2D eigenvalue weighted by atomic mass is 10.1. The quantitative estimate of drug-likeness (QED) is 0.179. The smallest absolute Gasteiger partial charge is 0.167 e. The van der Waals surface area contributed by atoms with E-state index in [1.165, 1.54) is 53.7 Å². The van der Waals surface area contributed by atoms with Crippen molar-refractivity contribution < 1.29 is 4.98 Å². The normalized spacial score (nSPS) is 11.3. The lowest BCUT2D eigenvalue weighted by molar-refractivity contribution is -0.378. The summed E-state index contributed by atoms with van der Waals surface area (Å²) in [6.07, 6.45) is 21.0. The van der Waals surface area contributed by atoms with Gasteiger partial charge in [-0.3, -0.25) is 4.98 Å². The summed E-state index contributed by atoms with van der Waals surface area (Å²) < 4.78 is 0. The van der Waals surface area contributed by atoms with E-state index < -0.39 is 0 Å². The van der Waals surface area contributed by atoms with Crippen molar-refractivity contribution in [2.24, 2.45) is 0 Å². The second-order valence-electron chi connectivity index (χ2n) is 9.72. The number of aromatic amines is 1. The maximum absolute atomic E-state index is 4.06. The molecule has 2 aromatic heterocycles. The van der Waals surface area contributed by atoms with Gasteiger partial charge in [0.25, 0.3) is 0 Å². The van der Waals surface area contributed by atoms with Crippen LogP contribution in [0.5, 0.6) is 0 Å². The second-order valence-corrected chi connectivity index (χ2v) is 9.72. The van der Waals surface area contributed by atoms with Crippen molar-refractivity contribution in [1.29, 1.82) is 0 Å². The number of pyridine rings is 2. The summed E-state index contributed by atoms with van der Waals surface area (Å²) in [5.74, 6) is 0. The predicted octanol–water partition coefficient (Wildman–Crippen LogP) is 7.37. The number of unbranched alkanes of at least 4 members (excludes halogenated alkanes) is 3. The van der Waals surface area contributed by atoms with E-state index in [4.69, 9.17) is 0 Å². The zero-order valence-electron chi connectivity index (χ0n) is 22.6. The minimum Gasteiger partial charge on any atom is -0.375 e. The van der Waals surface area contributed by atoms with Gasteiger partial charge in [0.05, 0.1) is 0 Å². The van der Waals surface area contributed by atoms with Crippen LogP contribution in [0.25, 0.3) is 24.3 Å². The highest BCUT2D eigenvalue weighted by Crippen LogP contribution is 2.18. The fourth-order valence-electron chi connectivity index (χ4n) is 4.36. The molecule has 0 aliphatic rings. The molecule has 0 saturated carbocycles. The van der Waals surface area contributed by atoms with Crippen LogP contribution >= 0.6 is 0 Å². The van der Waals surface area contributed by atoms with Gasteiger partial charge in [0.15, 0.2) is 12.4 Å². The molecule has 0 spiro atoms. The van der Waals surface area contributed by atoms with E-state index in [0.717, 1.165) is 18.7 Å². The van der Waals surface area contributed by atoms with Gasteiger partial charge in [-0.1, -0.05) is 61.4 Å². The maximum atomic E-state index is 4.06. The number of nitrogens with zero attached hydrogens (tertiary/aromatic N) is 3. The first-order valence-corrected chi connectivity index (χ1v) is 13.5. The van der Waals surface area contributed by atoms with E-state index in [9.17, 15) is 0 Å². The molecule has 4 heteroatoms. The van der Waals surface area contributed by atoms with Crippen molar-refractivity contribution in [2.75, 3.05) is 37.0 Å². The summed E-state index contributed by atoms with van der Waals surface area (Å²) in [6.45, 7) is 2.16. The van der Waals surface area contributed by atoms with Gasteiger partial charge in [0.1, 0.15) is 0 Å². The van der Waals surface area contributed by atoms with Gasteiger partial charge < -0.3 is 9.80 Å². The molecule has 0 aliphatic carbocycles. The van der Waals surface area contributed by atoms with Crippen LogP contribution in [0.1, 0.15) is 47.9 Å². The molecule has 0 aliphatic heterocycles. The highest BCUT2D eigenvalue weighted by atomic mass is 15.1. The van der Waals surface area contributed by atoms with Crippen LogP contribution in [-0.2, 0) is 0 Å². The maximum Gasteiger partial charge on any atom is 0.167 e. The Balaban J connectivity index is 1.12. The molecule has 0 atom stereocenters. The Hall–Kier alpha value is -4.18. The summed E-state index contributed by atoms with van der Waals surface area (Å²) in [6, 6.07) is 25.8. The average molecular weight is 504 g/mol. The fraction of sp³-hybridized carbons (Fsp3) is 0.235. The molecule has 194 valence electrons. The van der Waals surface area contributed by atoms with Gasteiger partial charge in [-0.15, -0.1) is 0 Å². The molecule has 0 saturated heterocycles. The average Bonchev–Trinajstić information content (AvgIpc) is 2.98. The number of nitrogens with one attached hydrogen (secondary N) is 1. The number of hydrogen-bond donors (Lipinski definition) is 0. The monoisotopic (exact) mass is 503 g/mol. The molecule has 0 fully saturated rings. The fourth-order valence-corrected chi connectivity index (χ4v) is 4.36. The molecule has 4 aromatic rings. The van der Waals surface area contributed by atoms with Crippen LogP contribution in [0, 0.1) is 0 Å². The summed E-state index contributed by atoms with van der Waals surface area (Å²) >= 11 is 0. The Morgan fingerprint density at radius 2 is 0.921 bits per heavy atom. The van der Waals surface area contributed by atoms with Crippen molar-refractivity contribution in [3.63, 3.8) is 0 Å². The zero-order chi connectivity index (χ0) is 26.4. The van der Waals surface area contributed by atoms with Crippen LogP contribution < -0.4 is 14.8 Å². The van der Waals surface area contributed by atoms with E-state index in [1.807, 2.05) is 36.9 Å². The van der Waals surface area contributed by atoms with Gasteiger partial charge in [-0.2, -0.15) is 0 Å². The Morgan fingerprint density at radius 1 is 0.526 bits per heavy atom. The SMILES string of the molecule is CN(CCCCCCN(C)c1ccc(/C=C/c2cc[nH+]cc2)cc1)c1ccc(/C=C/c2ccncc2)cc1. The van der Waals surface area contributed by atoms with Crippen molar-refractivity contribution in [1.82, 2.24) is 4.98 Å². The summed E-state index contributed by atoms with van der Waals surface area (Å²) in [4.78, 5) is 11.8. The molecule has 0 radical (unpaired) electrons. The number of anilines is 2. The minimum atomic E-state index is 1.08. The molecule has 2 aromatic carbocycles. The number of rotatable bonds is 13. The van der Waals surface area contributed by atoms with E-state index >= 15 is 0 Å². The largest absolute Gasteiger partial charge is 0.375 e. The topological polar surface area (TPSA) is 33.5 Å². The Morgan fingerprint density at radius 3 is 1.37 bits per heavy atom. The lowest BCUT2D eigenvalue weighted by Crippen LogP contribution is -2.19. The molecule has 0 amide bonds. The number of aromatic nitrogens is 2. The minimum absolute atomic E-state index is 1.08. The highest BCUT2D eigenvalue weighted by Gasteiger charge is 2.03. The third-order valence-electron chi connectivity index (χ3n) is 6.79. The van der Waals surface area contributed by atoms with Crippen molar-refractivity contribution in [3.8, 4) is 0 Å². The third-order valence-corrected chi connectivity index (χ3v) is 6.79. The highest BCUT2D eigenvalue weighted by molar-refractivity contribution is 5.71. The number of H-pyrrole nitrogens is 1. The van der Waals surface area contributed by atoms with Crippen molar-refractivity contribution >= 4 is 35.7 Å². The molecule has 0 bridgehead atoms. The first-order chi connectivity index (χ1) is 18.7. The van der Waals surface area contributed by atoms with Crippen molar-refractivity contribution in [3.05, 3.63) is 120 Å². The van der Waals surface area contributed by atoms with Gasteiger partial charge in [-0.05, 0) is 71.5 Å². The zero-order valence-corrected chi connectivity index (χ0v) is 22.6. The Labute approximate surface area is 228 Å². The molecular formula is C34H39N4+. The van der Waals surface area contributed by atoms with Crippen LogP contribution in [-0.4, -0.2) is 32.2 Å². The van der Waals surface area contributed by atoms with E-state index in [0.29, 0.717) is 0 Å².